The van der Waals surface area contributed by atoms with Gasteiger partial charge in [-0.15, -0.1) is 0 Å². The molecule has 0 aromatic carbocycles. The molecule has 4 aromatic rings. The van der Waals surface area contributed by atoms with Crippen LogP contribution in [0, 0.1) is 12.8 Å². The Morgan fingerprint density at radius 3 is 2.87 bits per heavy atom. The highest BCUT2D eigenvalue weighted by Gasteiger charge is 2.30. The quantitative estimate of drug-likeness (QED) is 0.289. The lowest BCUT2D eigenvalue weighted by Gasteiger charge is -2.09. The number of fused-ring (bicyclic) bond motifs is 3. The highest BCUT2D eigenvalue weighted by molar-refractivity contribution is 7.22. The van der Waals surface area contributed by atoms with Crippen LogP contribution in [0.3, 0.4) is 0 Å². The zero-order chi connectivity index (χ0) is 20.8. The number of thiazole rings is 1. The van der Waals surface area contributed by atoms with E-state index in [1.165, 1.54) is 17.7 Å². The van der Waals surface area contributed by atoms with Gasteiger partial charge in [0.05, 0.1) is 5.69 Å². The van der Waals surface area contributed by atoms with E-state index in [0.717, 1.165) is 39.9 Å². The van der Waals surface area contributed by atoms with E-state index in [0.29, 0.717) is 28.6 Å². The SMILES string of the molecule is CC/C(=N/O)c1cc(C)c(-c2cc3nc(NC(=O)C4CC4)sc3n3ncnc23)cn1. The normalized spacial score (nSPS) is 14.5. The van der Waals surface area contributed by atoms with Gasteiger partial charge < -0.3 is 10.5 Å². The number of anilines is 1. The molecule has 30 heavy (non-hydrogen) atoms. The van der Waals surface area contributed by atoms with Gasteiger partial charge in [0.2, 0.25) is 5.91 Å². The molecule has 1 aliphatic rings. The van der Waals surface area contributed by atoms with Crippen molar-refractivity contribution >= 4 is 44.1 Å². The number of aromatic nitrogens is 5. The molecular weight excluding hydrogens is 402 g/mol. The molecule has 1 saturated carbocycles. The van der Waals surface area contributed by atoms with Gasteiger partial charge in [-0.1, -0.05) is 23.4 Å². The average molecular weight is 421 g/mol. The first-order valence-electron chi connectivity index (χ1n) is 9.71. The molecule has 1 aliphatic carbocycles. The predicted octanol–water partition coefficient (Wildman–Crippen LogP) is 3.65. The molecule has 0 bridgehead atoms. The number of carbonyl (C=O) groups excluding carboxylic acids is 1. The van der Waals surface area contributed by atoms with Crippen molar-refractivity contribution < 1.29 is 10.0 Å². The minimum atomic E-state index is 0.0250. The fourth-order valence-corrected chi connectivity index (χ4v) is 4.36. The molecule has 152 valence electrons. The molecule has 10 heteroatoms. The molecule has 1 amide bonds. The minimum Gasteiger partial charge on any atom is -0.411 e. The number of oxime groups is 1. The summed E-state index contributed by atoms with van der Waals surface area (Å²) in [6, 6.07) is 3.85. The number of aryl methyl sites for hydroxylation is 1. The van der Waals surface area contributed by atoms with Crippen molar-refractivity contribution in [3.05, 3.63) is 35.9 Å². The first-order valence-corrected chi connectivity index (χ1v) is 10.5. The van der Waals surface area contributed by atoms with E-state index >= 15 is 0 Å². The number of pyridine rings is 2. The fourth-order valence-electron chi connectivity index (χ4n) is 3.45. The predicted molar refractivity (Wildman–Crippen MR) is 114 cm³/mol. The molecule has 2 N–H and O–H groups in total. The molecule has 0 spiro atoms. The van der Waals surface area contributed by atoms with E-state index in [2.05, 4.69) is 30.5 Å². The second kappa shape index (κ2) is 7.13. The summed E-state index contributed by atoms with van der Waals surface area (Å²) < 4.78 is 1.75. The van der Waals surface area contributed by atoms with Gasteiger partial charge in [0, 0.05) is 23.2 Å². The molecule has 4 heterocycles. The lowest BCUT2D eigenvalue weighted by atomic mass is 10.0. The van der Waals surface area contributed by atoms with Crippen LogP contribution >= 0.6 is 11.3 Å². The molecule has 0 radical (unpaired) electrons. The van der Waals surface area contributed by atoms with E-state index in [9.17, 15) is 10.0 Å². The van der Waals surface area contributed by atoms with E-state index in [4.69, 9.17) is 0 Å². The summed E-state index contributed by atoms with van der Waals surface area (Å²) in [5, 5.41) is 20.4. The summed E-state index contributed by atoms with van der Waals surface area (Å²) in [6.07, 6.45) is 5.72. The maximum atomic E-state index is 12.1. The first-order chi connectivity index (χ1) is 14.6. The smallest absolute Gasteiger partial charge is 0.229 e. The maximum Gasteiger partial charge on any atom is 0.229 e. The Hall–Kier alpha value is -3.40. The van der Waals surface area contributed by atoms with Crippen LogP contribution in [-0.4, -0.2) is 41.4 Å². The van der Waals surface area contributed by atoms with Crippen molar-refractivity contribution in [3.8, 4) is 11.1 Å². The molecule has 4 aromatic heterocycles. The third kappa shape index (κ3) is 3.09. The molecule has 1 fully saturated rings. The monoisotopic (exact) mass is 421 g/mol. The minimum absolute atomic E-state index is 0.0250. The maximum absolute atomic E-state index is 12.1. The van der Waals surface area contributed by atoms with Gasteiger partial charge in [0.25, 0.3) is 0 Å². The standard InChI is InChI=1S/C20H19N7O2S/c1-3-14(26-29)15-6-10(2)13(8-21-15)12-7-16-19(27-17(12)22-9-23-27)30-20(24-16)25-18(28)11-4-5-11/h6-9,11,29H,3-5H2,1-2H3,(H,24,25,28)/b26-14-. The van der Waals surface area contributed by atoms with E-state index < -0.39 is 0 Å². The van der Waals surface area contributed by atoms with Gasteiger partial charge in [0.15, 0.2) is 10.8 Å². The van der Waals surface area contributed by atoms with Crippen molar-refractivity contribution in [3.63, 3.8) is 0 Å². The number of hydrogen-bond acceptors (Lipinski definition) is 8. The second-order valence-electron chi connectivity index (χ2n) is 7.31. The van der Waals surface area contributed by atoms with Crippen molar-refractivity contribution in [2.45, 2.75) is 33.1 Å². The zero-order valence-corrected chi connectivity index (χ0v) is 17.3. The number of nitrogens with one attached hydrogen (secondary N) is 1. The van der Waals surface area contributed by atoms with Gasteiger partial charge in [-0.05, 0) is 43.9 Å². The van der Waals surface area contributed by atoms with Crippen LogP contribution in [-0.2, 0) is 4.79 Å². The van der Waals surface area contributed by atoms with Gasteiger partial charge in [-0.25, -0.2) is 14.5 Å². The largest absolute Gasteiger partial charge is 0.411 e. The number of nitrogens with zero attached hydrogens (tertiary/aromatic N) is 6. The Balaban J connectivity index is 1.62. The van der Waals surface area contributed by atoms with Gasteiger partial charge in [0.1, 0.15) is 22.4 Å². The Kier molecular flexibility index (Phi) is 4.43. The molecule has 9 nitrogen and oxygen atoms in total. The lowest BCUT2D eigenvalue weighted by Crippen LogP contribution is -2.12. The van der Waals surface area contributed by atoms with Crippen LogP contribution in [0.4, 0.5) is 5.13 Å². The van der Waals surface area contributed by atoms with Crippen LogP contribution in [0.2, 0.25) is 0 Å². The highest BCUT2D eigenvalue weighted by atomic mass is 32.1. The van der Waals surface area contributed by atoms with Gasteiger partial charge >= 0.3 is 0 Å². The summed E-state index contributed by atoms with van der Waals surface area (Å²) in [7, 11) is 0. The van der Waals surface area contributed by atoms with Gasteiger partial charge in [-0.3, -0.25) is 9.78 Å². The summed E-state index contributed by atoms with van der Waals surface area (Å²) in [5.41, 5.74) is 5.30. The van der Waals surface area contributed by atoms with Crippen LogP contribution in [0.25, 0.3) is 27.1 Å². The third-order valence-corrected chi connectivity index (χ3v) is 6.19. The first kappa shape index (κ1) is 18.6. The number of amides is 1. The van der Waals surface area contributed by atoms with Crippen molar-refractivity contribution in [2.24, 2.45) is 11.1 Å². The molecule has 5 rings (SSSR count). The highest BCUT2D eigenvalue weighted by Crippen LogP contribution is 2.35. The molecule has 0 saturated heterocycles. The molecule has 0 atom stereocenters. The Morgan fingerprint density at radius 2 is 2.17 bits per heavy atom. The summed E-state index contributed by atoms with van der Waals surface area (Å²) in [4.78, 5) is 26.5. The van der Waals surface area contributed by atoms with Crippen LogP contribution < -0.4 is 5.32 Å². The molecule has 0 aliphatic heterocycles. The Bertz CT molecular complexity index is 1320. The average Bonchev–Trinajstić information content (AvgIpc) is 3.33. The second-order valence-corrected chi connectivity index (χ2v) is 8.29. The molecular formula is C20H19N7O2S. The molecule has 0 unspecified atom stereocenters. The topological polar surface area (TPSA) is 118 Å². The van der Waals surface area contributed by atoms with E-state index in [1.54, 1.807) is 10.7 Å². The Morgan fingerprint density at radius 1 is 1.33 bits per heavy atom. The summed E-state index contributed by atoms with van der Waals surface area (Å²) in [6.45, 7) is 3.89. The van der Waals surface area contributed by atoms with Crippen LogP contribution in [0.1, 0.15) is 37.4 Å². The Labute approximate surface area is 175 Å². The van der Waals surface area contributed by atoms with Crippen molar-refractivity contribution in [2.75, 3.05) is 5.32 Å². The van der Waals surface area contributed by atoms with E-state index in [1.807, 2.05) is 26.0 Å². The number of carbonyl (C=O) groups is 1. The third-order valence-electron chi connectivity index (χ3n) is 5.23. The summed E-state index contributed by atoms with van der Waals surface area (Å²) in [5.74, 6) is 0.138. The van der Waals surface area contributed by atoms with Crippen LogP contribution in [0.5, 0.6) is 0 Å². The zero-order valence-electron chi connectivity index (χ0n) is 16.5. The van der Waals surface area contributed by atoms with E-state index in [-0.39, 0.29) is 11.8 Å². The summed E-state index contributed by atoms with van der Waals surface area (Å²) >= 11 is 1.38. The lowest BCUT2D eigenvalue weighted by molar-refractivity contribution is -0.117. The fraction of sp³-hybridized carbons (Fsp3) is 0.300. The van der Waals surface area contributed by atoms with Crippen LogP contribution in [0.15, 0.2) is 29.8 Å². The van der Waals surface area contributed by atoms with Crippen molar-refractivity contribution in [1.29, 1.82) is 0 Å². The van der Waals surface area contributed by atoms with Crippen molar-refractivity contribution in [1.82, 2.24) is 24.6 Å². The number of hydrogen-bond donors (Lipinski definition) is 2. The van der Waals surface area contributed by atoms with Gasteiger partial charge in [-0.2, -0.15) is 5.10 Å². The number of rotatable bonds is 5.